The molecule has 0 spiro atoms. The topological polar surface area (TPSA) is 96.5 Å². The maximum Gasteiger partial charge on any atom is 0.338 e. The Morgan fingerprint density at radius 1 is 0.862 bits per heavy atom. The van der Waals surface area contributed by atoms with E-state index in [1.54, 1.807) is 62.4 Å². The number of esters is 1. The zero-order chi connectivity index (χ0) is 21.4. The highest BCUT2D eigenvalue weighted by Gasteiger charge is 2.10. The molecule has 0 aromatic heterocycles. The molecule has 154 valence electrons. The van der Waals surface area contributed by atoms with Gasteiger partial charge in [-0.1, -0.05) is 12.1 Å². The number of rotatable bonds is 7. The third-order valence-corrected chi connectivity index (χ3v) is 3.81. The first-order valence-corrected chi connectivity index (χ1v) is 9.50. The summed E-state index contributed by atoms with van der Waals surface area (Å²) in [5.41, 5.74) is 2.37. The van der Waals surface area contributed by atoms with Crippen molar-refractivity contribution in [3.63, 3.8) is 0 Å². The van der Waals surface area contributed by atoms with Gasteiger partial charge in [0.05, 0.1) is 11.7 Å². The van der Waals surface area contributed by atoms with Crippen molar-refractivity contribution in [1.29, 1.82) is 0 Å². The Balaban J connectivity index is 1.90. The van der Waals surface area contributed by atoms with E-state index in [0.29, 0.717) is 23.4 Å². The van der Waals surface area contributed by atoms with E-state index < -0.39 is 5.97 Å². The Hall–Kier alpha value is -3.35. The molecule has 0 radical (unpaired) electrons. The minimum Gasteiger partial charge on any atom is -0.459 e. The summed E-state index contributed by atoms with van der Waals surface area (Å²) in [6, 6.07) is 13.3. The van der Waals surface area contributed by atoms with Crippen LogP contribution < -0.4 is 16.0 Å². The van der Waals surface area contributed by atoms with Crippen molar-refractivity contribution in [3.05, 3.63) is 65.2 Å². The molecule has 0 aliphatic rings. The lowest BCUT2D eigenvalue weighted by molar-refractivity contribution is 0.0378. The van der Waals surface area contributed by atoms with Crippen LogP contribution in [0.4, 0.5) is 10.5 Å². The molecule has 2 aromatic rings. The number of anilines is 1. The van der Waals surface area contributed by atoms with Crippen LogP contribution in [0.5, 0.6) is 0 Å². The molecule has 0 saturated carbocycles. The van der Waals surface area contributed by atoms with Crippen LogP contribution in [0.3, 0.4) is 0 Å². The van der Waals surface area contributed by atoms with Crippen LogP contribution in [-0.2, 0) is 11.3 Å². The van der Waals surface area contributed by atoms with E-state index >= 15 is 0 Å². The maximum atomic E-state index is 12.4. The Labute approximate surface area is 170 Å². The molecular formula is C22H27N3O4. The number of carbonyl (C=O) groups excluding carboxylic acids is 3. The summed E-state index contributed by atoms with van der Waals surface area (Å²) in [7, 11) is 0. The van der Waals surface area contributed by atoms with Crippen molar-refractivity contribution in [1.82, 2.24) is 10.6 Å². The van der Waals surface area contributed by atoms with E-state index in [1.807, 2.05) is 13.8 Å². The van der Waals surface area contributed by atoms with Crippen LogP contribution in [0.2, 0.25) is 0 Å². The SMILES string of the molecule is CC(C)NC(=O)NCc1ccc(C(=O)Nc2ccc(C(=O)OC(C)C)cc2)cc1. The summed E-state index contributed by atoms with van der Waals surface area (Å²) in [5, 5.41) is 8.29. The molecule has 0 atom stereocenters. The van der Waals surface area contributed by atoms with Gasteiger partial charge in [0.15, 0.2) is 0 Å². The van der Waals surface area contributed by atoms with Crippen LogP contribution in [0, 0.1) is 0 Å². The molecule has 29 heavy (non-hydrogen) atoms. The second-order valence-electron chi connectivity index (χ2n) is 7.16. The van der Waals surface area contributed by atoms with E-state index in [9.17, 15) is 14.4 Å². The van der Waals surface area contributed by atoms with Gasteiger partial charge in [-0.25, -0.2) is 9.59 Å². The number of ether oxygens (including phenoxy) is 1. The van der Waals surface area contributed by atoms with Gasteiger partial charge >= 0.3 is 12.0 Å². The van der Waals surface area contributed by atoms with E-state index in [-0.39, 0.29) is 24.1 Å². The molecule has 0 aliphatic heterocycles. The summed E-state index contributed by atoms with van der Waals surface area (Å²) in [6.07, 6.45) is -0.190. The average Bonchev–Trinajstić information content (AvgIpc) is 2.66. The maximum absolute atomic E-state index is 12.4. The minimum absolute atomic E-state index is 0.0657. The molecule has 7 heteroatoms. The number of urea groups is 1. The molecule has 3 amide bonds. The predicted octanol–water partition coefficient (Wildman–Crippen LogP) is 3.71. The van der Waals surface area contributed by atoms with Crippen molar-refractivity contribution in [2.24, 2.45) is 0 Å². The van der Waals surface area contributed by atoms with Crippen LogP contribution in [0.25, 0.3) is 0 Å². The molecule has 0 heterocycles. The fourth-order valence-electron chi connectivity index (χ4n) is 2.44. The summed E-state index contributed by atoms with van der Waals surface area (Å²) in [6.45, 7) is 7.71. The number of hydrogen-bond donors (Lipinski definition) is 3. The van der Waals surface area contributed by atoms with Gasteiger partial charge in [0.1, 0.15) is 0 Å². The first-order valence-electron chi connectivity index (χ1n) is 9.50. The molecule has 0 saturated heterocycles. The summed E-state index contributed by atoms with van der Waals surface area (Å²) in [4.78, 5) is 35.9. The van der Waals surface area contributed by atoms with Gasteiger partial charge in [-0.15, -0.1) is 0 Å². The number of hydrogen-bond acceptors (Lipinski definition) is 4. The number of nitrogens with one attached hydrogen (secondary N) is 3. The normalized spacial score (nSPS) is 10.6. The fourth-order valence-corrected chi connectivity index (χ4v) is 2.44. The van der Waals surface area contributed by atoms with Crippen LogP contribution in [0.1, 0.15) is 54.0 Å². The van der Waals surface area contributed by atoms with Gasteiger partial charge < -0.3 is 20.7 Å². The van der Waals surface area contributed by atoms with Crippen molar-refractivity contribution in [2.45, 2.75) is 46.4 Å². The molecular weight excluding hydrogens is 370 g/mol. The third-order valence-electron chi connectivity index (χ3n) is 3.81. The van der Waals surface area contributed by atoms with E-state index in [4.69, 9.17) is 4.74 Å². The molecule has 2 rings (SSSR count). The van der Waals surface area contributed by atoms with Crippen LogP contribution in [0.15, 0.2) is 48.5 Å². The smallest absolute Gasteiger partial charge is 0.338 e. The van der Waals surface area contributed by atoms with E-state index in [2.05, 4.69) is 16.0 Å². The number of carbonyl (C=O) groups is 3. The van der Waals surface area contributed by atoms with E-state index in [0.717, 1.165) is 5.56 Å². The Morgan fingerprint density at radius 3 is 2.00 bits per heavy atom. The van der Waals surface area contributed by atoms with Crippen molar-refractivity contribution in [3.8, 4) is 0 Å². The summed E-state index contributed by atoms with van der Waals surface area (Å²) >= 11 is 0. The van der Waals surface area contributed by atoms with Gasteiger partial charge in [-0.2, -0.15) is 0 Å². The first kappa shape index (κ1) is 21.9. The predicted molar refractivity (Wildman–Crippen MR) is 112 cm³/mol. The standard InChI is InChI=1S/C22H27N3O4/c1-14(2)24-22(28)23-13-16-5-7-17(8-6-16)20(26)25-19-11-9-18(10-12-19)21(27)29-15(3)4/h5-12,14-15H,13H2,1-4H3,(H,25,26)(H2,23,24,28). The number of amides is 3. The molecule has 0 fully saturated rings. The van der Waals surface area contributed by atoms with Crippen molar-refractivity contribution >= 4 is 23.6 Å². The third kappa shape index (κ3) is 7.29. The summed E-state index contributed by atoms with van der Waals surface area (Å²) < 4.78 is 5.13. The largest absolute Gasteiger partial charge is 0.459 e. The Morgan fingerprint density at radius 2 is 1.45 bits per heavy atom. The highest BCUT2D eigenvalue weighted by Crippen LogP contribution is 2.13. The lowest BCUT2D eigenvalue weighted by Gasteiger charge is -2.11. The minimum atomic E-state index is -0.399. The van der Waals surface area contributed by atoms with Gasteiger partial charge in [-0.05, 0) is 69.7 Å². The lowest BCUT2D eigenvalue weighted by atomic mass is 10.1. The Kier molecular flexibility index (Phi) is 7.77. The highest BCUT2D eigenvalue weighted by molar-refractivity contribution is 6.04. The molecule has 2 aromatic carbocycles. The molecule has 7 nitrogen and oxygen atoms in total. The van der Waals surface area contributed by atoms with Crippen molar-refractivity contribution < 1.29 is 19.1 Å². The zero-order valence-electron chi connectivity index (χ0n) is 17.1. The molecule has 0 unspecified atom stereocenters. The lowest BCUT2D eigenvalue weighted by Crippen LogP contribution is -2.39. The monoisotopic (exact) mass is 397 g/mol. The Bertz CT molecular complexity index is 843. The molecule has 3 N–H and O–H groups in total. The average molecular weight is 397 g/mol. The van der Waals surface area contributed by atoms with Crippen molar-refractivity contribution in [2.75, 3.05) is 5.32 Å². The van der Waals surface area contributed by atoms with Gasteiger partial charge in [-0.3, -0.25) is 4.79 Å². The second-order valence-corrected chi connectivity index (χ2v) is 7.16. The summed E-state index contributed by atoms with van der Waals surface area (Å²) in [5.74, 6) is -0.663. The second kappa shape index (κ2) is 10.3. The highest BCUT2D eigenvalue weighted by atomic mass is 16.5. The van der Waals surface area contributed by atoms with Gasteiger partial charge in [0.2, 0.25) is 0 Å². The number of benzene rings is 2. The van der Waals surface area contributed by atoms with Crippen LogP contribution >= 0.6 is 0 Å². The quantitative estimate of drug-likeness (QED) is 0.621. The molecule has 0 aliphatic carbocycles. The van der Waals surface area contributed by atoms with Gasteiger partial charge in [0.25, 0.3) is 5.91 Å². The van der Waals surface area contributed by atoms with Gasteiger partial charge in [0, 0.05) is 23.8 Å². The van der Waals surface area contributed by atoms with E-state index in [1.165, 1.54) is 0 Å². The zero-order valence-corrected chi connectivity index (χ0v) is 17.1. The van der Waals surface area contributed by atoms with Crippen LogP contribution in [-0.4, -0.2) is 30.1 Å². The fraction of sp³-hybridized carbons (Fsp3) is 0.318. The molecule has 0 bridgehead atoms. The first-order chi connectivity index (χ1) is 13.7.